The molecule has 0 saturated heterocycles. The molecule has 0 aliphatic heterocycles. The molecule has 27 heavy (non-hydrogen) atoms. The standard InChI is InChI=1S/C22H30O5/c1-7-13(3)20(24)27-19-10-9-16-11-18(23)17(12-22(16,6)15(19)5)14(4)21(25)26-8-2/h7,11-12,14-15,19H,8-10H2,1-6H3. The average molecular weight is 374 g/mol. The van der Waals surface area contributed by atoms with Crippen molar-refractivity contribution in [2.24, 2.45) is 17.3 Å². The summed E-state index contributed by atoms with van der Waals surface area (Å²) in [6.07, 6.45) is 6.45. The van der Waals surface area contributed by atoms with Crippen LogP contribution in [0.15, 0.2) is 34.9 Å². The number of carbonyl (C=O) groups excluding carboxylic acids is 3. The number of rotatable bonds is 5. The fourth-order valence-corrected chi connectivity index (χ4v) is 3.83. The molecule has 4 atom stereocenters. The lowest BCUT2D eigenvalue weighted by molar-refractivity contribution is -0.150. The summed E-state index contributed by atoms with van der Waals surface area (Å²) in [5, 5.41) is 0. The van der Waals surface area contributed by atoms with Crippen LogP contribution in [0.3, 0.4) is 0 Å². The molecule has 5 heteroatoms. The van der Waals surface area contributed by atoms with Gasteiger partial charge in [-0.05, 0) is 46.6 Å². The molecule has 0 aromatic carbocycles. The number of carbonyl (C=O) groups is 3. The number of hydrogen-bond acceptors (Lipinski definition) is 5. The van der Waals surface area contributed by atoms with Crippen molar-refractivity contribution >= 4 is 17.7 Å². The summed E-state index contributed by atoms with van der Waals surface area (Å²) in [7, 11) is 0. The van der Waals surface area contributed by atoms with Gasteiger partial charge in [0.05, 0.1) is 12.5 Å². The summed E-state index contributed by atoms with van der Waals surface area (Å²) < 4.78 is 10.8. The van der Waals surface area contributed by atoms with Gasteiger partial charge in [-0.3, -0.25) is 9.59 Å². The quantitative estimate of drug-likeness (QED) is 0.538. The van der Waals surface area contributed by atoms with E-state index >= 15 is 0 Å². The van der Waals surface area contributed by atoms with Crippen LogP contribution in [0.4, 0.5) is 0 Å². The van der Waals surface area contributed by atoms with E-state index in [1.54, 1.807) is 32.9 Å². The first-order valence-electron chi connectivity index (χ1n) is 9.64. The Kier molecular flexibility index (Phi) is 6.45. The predicted molar refractivity (Wildman–Crippen MR) is 103 cm³/mol. The first-order valence-corrected chi connectivity index (χ1v) is 9.64. The van der Waals surface area contributed by atoms with Gasteiger partial charge < -0.3 is 9.47 Å². The zero-order valence-electron chi connectivity index (χ0n) is 17.1. The molecule has 0 amide bonds. The number of fused-ring (bicyclic) bond motifs is 1. The van der Waals surface area contributed by atoms with Crippen LogP contribution in [0.1, 0.15) is 54.4 Å². The predicted octanol–water partition coefficient (Wildman–Crippen LogP) is 3.94. The molecule has 5 nitrogen and oxygen atoms in total. The Hall–Kier alpha value is -2.17. The maximum Gasteiger partial charge on any atom is 0.333 e. The Morgan fingerprint density at radius 3 is 2.67 bits per heavy atom. The van der Waals surface area contributed by atoms with Gasteiger partial charge in [-0.15, -0.1) is 0 Å². The van der Waals surface area contributed by atoms with Crippen molar-refractivity contribution in [1.29, 1.82) is 0 Å². The molecule has 0 bridgehead atoms. The minimum absolute atomic E-state index is 0.0106. The summed E-state index contributed by atoms with van der Waals surface area (Å²) in [6.45, 7) is 11.4. The number of ether oxygens (including phenoxy) is 2. The fourth-order valence-electron chi connectivity index (χ4n) is 3.83. The molecule has 1 saturated carbocycles. The maximum absolute atomic E-state index is 12.6. The van der Waals surface area contributed by atoms with Crippen LogP contribution in [0.25, 0.3) is 0 Å². The Labute approximate surface area is 161 Å². The lowest BCUT2D eigenvalue weighted by Crippen LogP contribution is -2.44. The molecule has 0 spiro atoms. The highest BCUT2D eigenvalue weighted by molar-refractivity contribution is 6.09. The number of esters is 2. The minimum atomic E-state index is -0.618. The summed E-state index contributed by atoms with van der Waals surface area (Å²) >= 11 is 0. The fraction of sp³-hybridized carbons (Fsp3) is 0.591. The van der Waals surface area contributed by atoms with Gasteiger partial charge in [0.15, 0.2) is 5.78 Å². The molecule has 0 aromatic rings. The molecule has 0 radical (unpaired) electrons. The van der Waals surface area contributed by atoms with E-state index in [4.69, 9.17) is 9.47 Å². The van der Waals surface area contributed by atoms with Crippen LogP contribution in [0.5, 0.6) is 0 Å². The van der Waals surface area contributed by atoms with Crippen LogP contribution in [-0.2, 0) is 23.9 Å². The SMILES string of the molecule is CC=C(C)C(=O)OC1CCC2=CC(=O)C(C(C)C(=O)OCC)=CC2(C)C1C. The third kappa shape index (κ3) is 4.07. The van der Waals surface area contributed by atoms with E-state index in [0.717, 1.165) is 5.57 Å². The minimum Gasteiger partial charge on any atom is -0.466 e. The monoisotopic (exact) mass is 374 g/mol. The van der Waals surface area contributed by atoms with Gasteiger partial charge in [-0.2, -0.15) is 0 Å². The highest BCUT2D eigenvalue weighted by Gasteiger charge is 2.46. The van der Waals surface area contributed by atoms with Crippen molar-refractivity contribution in [2.45, 2.75) is 60.5 Å². The van der Waals surface area contributed by atoms with E-state index in [1.165, 1.54) is 0 Å². The zero-order valence-corrected chi connectivity index (χ0v) is 17.1. The lowest BCUT2D eigenvalue weighted by Gasteiger charge is -2.46. The van der Waals surface area contributed by atoms with Gasteiger partial charge in [-0.25, -0.2) is 4.79 Å². The highest BCUT2D eigenvalue weighted by atomic mass is 16.5. The van der Waals surface area contributed by atoms with E-state index in [9.17, 15) is 14.4 Å². The normalized spacial score (nSPS) is 29.3. The first-order chi connectivity index (χ1) is 12.7. The molecular formula is C22H30O5. The van der Waals surface area contributed by atoms with Crippen molar-refractivity contribution in [2.75, 3.05) is 6.61 Å². The maximum atomic E-state index is 12.6. The molecule has 0 heterocycles. The molecule has 0 aromatic heterocycles. The second-order valence-corrected chi connectivity index (χ2v) is 7.63. The Bertz CT molecular complexity index is 727. The van der Waals surface area contributed by atoms with E-state index < -0.39 is 17.3 Å². The van der Waals surface area contributed by atoms with Crippen LogP contribution in [0.2, 0.25) is 0 Å². The van der Waals surface area contributed by atoms with Crippen molar-refractivity contribution in [1.82, 2.24) is 0 Å². The average Bonchev–Trinajstić information content (AvgIpc) is 2.64. The summed E-state index contributed by atoms with van der Waals surface area (Å²) in [4.78, 5) is 36.9. The second-order valence-electron chi connectivity index (χ2n) is 7.63. The van der Waals surface area contributed by atoms with E-state index in [2.05, 4.69) is 6.92 Å². The molecule has 2 aliphatic rings. The van der Waals surface area contributed by atoms with Crippen molar-refractivity contribution in [3.05, 3.63) is 34.9 Å². The van der Waals surface area contributed by atoms with Crippen LogP contribution in [0, 0.1) is 17.3 Å². The summed E-state index contributed by atoms with van der Waals surface area (Å²) in [5.41, 5.74) is 1.65. The first kappa shape index (κ1) is 21.1. The van der Waals surface area contributed by atoms with E-state index in [-0.39, 0.29) is 30.4 Å². The zero-order chi connectivity index (χ0) is 20.4. The van der Waals surface area contributed by atoms with Gasteiger partial charge in [0.2, 0.25) is 0 Å². The van der Waals surface area contributed by atoms with Crippen molar-refractivity contribution in [3.8, 4) is 0 Å². The van der Waals surface area contributed by atoms with Crippen LogP contribution in [-0.4, -0.2) is 30.4 Å². The Morgan fingerprint density at radius 2 is 2.07 bits per heavy atom. The highest BCUT2D eigenvalue weighted by Crippen LogP contribution is 2.50. The van der Waals surface area contributed by atoms with Gasteiger partial charge in [0.1, 0.15) is 6.10 Å². The molecule has 2 rings (SSSR count). The molecular weight excluding hydrogens is 344 g/mol. The molecule has 2 aliphatic carbocycles. The van der Waals surface area contributed by atoms with Gasteiger partial charge in [0.25, 0.3) is 0 Å². The molecule has 4 unspecified atom stereocenters. The topological polar surface area (TPSA) is 69.7 Å². The molecule has 1 fully saturated rings. The Balaban J connectivity index is 2.31. The molecule has 0 N–H and O–H groups in total. The lowest BCUT2D eigenvalue weighted by atomic mass is 9.60. The third-order valence-corrected chi connectivity index (χ3v) is 6.06. The van der Waals surface area contributed by atoms with Crippen molar-refractivity contribution in [3.63, 3.8) is 0 Å². The van der Waals surface area contributed by atoms with Gasteiger partial charge in [0, 0.05) is 22.5 Å². The summed E-state index contributed by atoms with van der Waals surface area (Å²) in [6, 6.07) is 0. The van der Waals surface area contributed by atoms with Crippen molar-refractivity contribution < 1.29 is 23.9 Å². The summed E-state index contributed by atoms with van der Waals surface area (Å²) in [5.74, 6) is -1.46. The Morgan fingerprint density at radius 1 is 1.41 bits per heavy atom. The van der Waals surface area contributed by atoms with E-state index in [0.29, 0.717) is 24.0 Å². The second kappa shape index (κ2) is 8.24. The number of ketones is 1. The smallest absolute Gasteiger partial charge is 0.333 e. The third-order valence-electron chi connectivity index (χ3n) is 6.06. The van der Waals surface area contributed by atoms with Crippen LogP contribution >= 0.6 is 0 Å². The molecule has 148 valence electrons. The number of allylic oxidation sites excluding steroid dienone is 4. The van der Waals surface area contributed by atoms with E-state index in [1.807, 2.05) is 19.9 Å². The number of hydrogen-bond donors (Lipinski definition) is 0. The largest absolute Gasteiger partial charge is 0.466 e. The van der Waals surface area contributed by atoms with Gasteiger partial charge >= 0.3 is 11.9 Å². The van der Waals surface area contributed by atoms with Gasteiger partial charge in [-0.1, -0.05) is 31.6 Å². The van der Waals surface area contributed by atoms with Crippen LogP contribution < -0.4 is 0 Å².